The molecule has 0 radical (unpaired) electrons. The van der Waals surface area contributed by atoms with Crippen LogP contribution in [0.25, 0.3) is 0 Å². The van der Waals surface area contributed by atoms with Gasteiger partial charge >= 0.3 is 0 Å². The van der Waals surface area contributed by atoms with Gasteiger partial charge in [0.1, 0.15) is 5.75 Å². The average molecular weight is 363 g/mol. The van der Waals surface area contributed by atoms with Crippen molar-refractivity contribution >= 4 is 5.96 Å². The second-order valence-corrected chi connectivity index (χ2v) is 6.90. The van der Waals surface area contributed by atoms with Gasteiger partial charge in [-0.25, -0.2) is 0 Å². The minimum absolute atomic E-state index is 0.478. The lowest BCUT2D eigenvalue weighted by Gasteiger charge is -2.37. The molecule has 1 aliphatic heterocycles. The molecule has 2 rings (SSSR count). The summed E-state index contributed by atoms with van der Waals surface area (Å²) in [5.74, 6) is 2.36. The number of hydrogen-bond acceptors (Lipinski definition) is 4. The summed E-state index contributed by atoms with van der Waals surface area (Å²) in [5.41, 5.74) is 1.20. The Morgan fingerprint density at radius 3 is 2.62 bits per heavy atom. The molecule has 26 heavy (non-hydrogen) atoms. The Morgan fingerprint density at radius 2 is 1.96 bits per heavy atom. The predicted molar refractivity (Wildman–Crippen MR) is 107 cm³/mol. The molecular formula is C20H34N4O2. The van der Waals surface area contributed by atoms with Crippen molar-refractivity contribution in [2.24, 2.45) is 10.9 Å². The molecule has 1 saturated heterocycles. The smallest absolute Gasteiger partial charge is 0.191 e. The summed E-state index contributed by atoms with van der Waals surface area (Å²) < 4.78 is 10.9. The minimum atomic E-state index is 0.478. The SMILES string of the molecule is CN=C(NCCc1ccccc1OC)NCC(C(C)C)N1CCOCC1. The average Bonchev–Trinajstić information content (AvgIpc) is 2.67. The van der Waals surface area contributed by atoms with E-state index in [9.17, 15) is 0 Å². The second kappa shape index (κ2) is 11.0. The standard InChI is InChI=1S/C20H34N4O2/c1-16(2)18(24-11-13-26-14-12-24)15-23-20(21-3)22-10-9-17-7-5-6-8-19(17)25-4/h5-8,16,18H,9-15H2,1-4H3,(H2,21,22,23). The van der Waals surface area contributed by atoms with Crippen molar-refractivity contribution < 1.29 is 9.47 Å². The molecule has 6 nitrogen and oxygen atoms in total. The first-order valence-electron chi connectivity index (χ1n) is 9.54. The molecule has 2 N–H and O–H groups in total. The molecule has 1 aromatic rings. The molecule has 1 aromatic carbocycles. The van der Waals surface area contributed by atoms with E-state index in [1.807, 2.05) is 25.2 Å². The van der Waals surface area contributed by atoms with Crippen LogP contribution in [0.4, 0.5) is 0 Å². The molecule has 1 heterocycles. The van der Waals surface area contributed by atoms with Crippen molar-refractivity contribution in [1.82, 2.24) is 15.5 Å². The number of ether oxygens (including phenoxy) is 2. The van der Waals surface area contributed by atoms with Gasteiger partial charge in [0.2, 0.25) is 0 Å². The second-order valence-electron chi connectivity index (χ2n) is 6.90. The van der Waals surface area contributed by atoms with Crippen LogP contribution < -0.4 is 15.4 Å². The Labute approximate surface area is 158 Å². The molecule has 1 aliphatic rings. The zero-order chi connectivity index (χ0) is 18.8. The van der Waals surface area contributed by atoms with Crippen molar-refractivity contribution in [3.05, 3.63) is 29.8 Å². The maximum atomic E-state index is 5.48. The summed E-state index contributed by atoms with van der Waals surface area (Å²) in [6, 6.07) is 8.61. The number of para-hydroxylation sites is 1. The fraction of sp³-hybridized carbons (Fsp3) is 0.650. The van der Waals surface area contributed by atoms with Crippen LogP contribution in [0.3, 0.4) is 0 Å². The van der Waals surface area contributed by atoms with Crippen LogP contribution in [0, 0.1) is 5.92 Å². The van der Waals surface area contributed by atoms with Gasteiger partial charge in [0.05, 0.1) is 20.3 Å². The monoisotopic (exact) mass is 362 g/mol. The number of aliphatic imine (C=N–C) groups is 1. The van der Waals surface area contributed by atoms with E-state index in [0.29, 0.717) is 12.0 Å². The normalized spacial score (nSPS) is 17.2. The van der Waals surface area contributed by atoms with Crippen LogP contribution in [0.2, 0.25) is 0 Å². The largest absolute Gasteiger partial charge is 0.496 e. The van der Waals surface area contributed by atoms with Crippen molar-refractivity contribution in [2.45, 2.75) is 26.3 Å². The van der Waals surface area contributed by atoms with Gasteiger partial charge in [-0.05, 0) is 24.0 Å². The van der Waals surface area contributed by atoms with Gasteiger partial charge in [-0.2, -0.15) is 0 Å². The zero-order valence-electron chi connectivity index (χ0n) is 16.6. The fourth-order valence-electron chi connectivity index (χ4n) is 3.34. The maximum absolute atomic E-state index is 5.48. The maximum Gasteiger partial charge on any atom is 0.191 e. The van der Waals surface area contributed by atoms with Gasteiger partial charge in [-0.1, -0.05) is 32.0 Å². The van der Waals surface area contributed by atoms with Crippen LogP contribution in [-0.2, 0) is 11.2 Å². The Kier molecular flexibility index (Phi) is 8.71. The summed E-state index contributed by atoms with van der Waals surface area (Å²) >= 11 is 0. The molecule has 0 bridgehead atoms. The van der Waals surface area contributed by atoms with E-state index in [-0.39, 0.29) is 0 Å². The number of nitrogens with one attached hydrogen (secondary N) is 2. The molecule has 1 fully saturated rings. The molecule has 0 aliphatic carbocycles. The summed E-state index contributed by atoms with van der Waals surface area (Å²) in [7, 11) is 3.53. The highest BCUT2D eigenvalue weighted by molar-refractivity contribution is 5.79. The third kappa shape index (κ3) is 6.18. The molecule has 0 saturated carbocycles. The predicted octanol–water partition coefficient (Wildman–Crippen LogP) is 1.76. The number of nitrogens with zero attached hydrogens (tertiary/aromatic N) is 2. The van der Waals surface area contributed by atoms with Crippen molar-refractivity contribution in [1.29, 1.82) is 0 Å². The van der Waals surface area contributed by atoms with Gasteiger partial charge in [-0.3, -0.25) is 9.89 Å². The van der Waals surface area contributed by atoms with Gasteiger partial charge in [-0.15, -0.1) is 0 Å². The number of rotatable bonds is 8. The van der Waals surface area contributed by atoms with E-state index in [1.54, 1.807) is 7.11 Å². The number of benzene rings is 1. The zero-order valence-corrected chi connectivity index (χ0v) is 16.6. The number of hydrogen-bond donors (Lipinski definition) is 2. The van der Waals surface area contributed by atoms with Gasteiger partial charge < -0.3 is 20.1 Å². The van der Waals surface area contributed by atoms with E-state index in [4.69, 9.17) is 9.47 Å². The van der Waals surface area contributed by atoms with E-state index >= 15 is 0 Å². The van der Waals surface area contributed by atoms with Crippen LogP contribution in [0.15, 0.2) is 29.3 Å². The molecule has 6 heteroatoms. The van der Waals surface area contributed by atoms with Gasteiger partial charge in [0, 0.05) is 39.3 Å². The molecule has 0 amide bonds. The molecule has 146 valence electrons. The summed E-state index contributed by atoms with van der Waals surface area (Å²) in [6.45, 7) is 9.91. The Balaban J connectivity index is 1.80. The number of guanidine groups is 1. The molecule has 0 aromatic heterocycles. The van der Waals surface area contributed by atoms with Gasteiger partial charge in [0.15, 0.2) is 5.96 Å². The lowest BCUT2D eigenvalue weighted by atomic mass is 10.0. The lowest BCUT2D eigenvalue weighted by molar-refractivity contribution is 0.00752. The lowest BCUT2D eigenvalue weighted by Crippen LogP contribution is -2.52. The van der Waals surface area contributed by atoms with Crippen LogP contribution in [0.1, 0.15) is 19.4 Å². The van der Waals surface area contributed by atoms with Crippen molar-refractivity contribution in [3.8, 4) is 5.75 Å². The fourth-order valence-corrected chi connectivity index (χ4v) is 3.34. The van der Waals surface area contributed by atoms with Crippen molar-refractivity contribution in [2.75, 3.05) is 53.6 Å². The highest BCUT2D eigenvalue weighted by Gasteiger charge is 2.23. The van der Waals surface area contributed by atoms with E-state index in [1.165, 1.54) is 5.56 Å². The summed E-state index contributed by atoms with van der Waals surface area (Å²) in [5, 5.41) is 6.89. The molecule has 1 unspecified atom stereocenters. The Bertz CT molecular complexity index is 556. The third-order valence-corrected chi connectivity index (χ3v) is 4.87. The van der Waals surface area contributed by atoms with Crippen LogP contribution in [-0.4, -0.2) is 70.5 Å². The Morgan fingerprint density at radius 1 is 1.23 bits per heavy atom. The molecular weight excluding hydrogens is 328 g/mol. The molecule has 1 atom stereocenters. The molecule has 0 spiro atoms. The van der Waals surface area contributed by atoms with E-state index in [0.717, 1.165) is 57.5 Å². The highest BCUT2D eigenvalue weighted by atomic mass is 16.5. The van der Waals surface area contributed by atoms with Gasteiger partial charge in [0.25, 0.3) is 0 Å². The van der Waals surface area contributed by atoms with E-state index < -0.39 is 0 Å². The first-order valence-corrected chi connectivity index (χ1v) is 9.54. The Hall–Kier alpha value is -1.79. The van der Waals surface area contributed by atoms with Crippen molar-refractivity contribution in [3.63, 3.8) is 0 Å². The number of morpholine rings is 1. The first kappa shape index (κ1) is 20.5. The third-order valence-electron chi connectivity index (χ3n) is 4.87. The summed E-state index contributed by atoms with van der Waals surface area (Å²) in [4.78, 5) is 6.88. The summed E-state index contributed by atoms with van der Waals surface area (Å²) in [6.07, 6.45) is 0.891. The van der Waals surface area contributed by atoms with Crippen LogP contribution in [0.5, 0.6) is 5.75 Å². The topological polar surface area (TPSA) is 58.1 Å². The van der Waals surface area contributed by atoms with Crippen LogP contribution >= 0.6 is 0 Å². The highest BCUT2D eigenvalue weighted by Crippen LogP contribution is 2.17. The quantitative estimate of drug-likeness (QED) is 0.545. The number of methoxy groups -OCH3 is 1. The minimum Gasteiger partial charge on any atom is -0.496 e. The van der Waals surface area contributed by atoms with E-state index in [2.05, 4.69) is 40.4 Å². The first-order chi connectivity index (χ1) is 12.7.